The molecule has 0 unspecified atom stereocenters. The lowest BCUT2D eigenvalue weighted by Crippen LogP contribution is -2.49. The molecule has 2 heterocycles. The number of piperazine rings is 1. The van der Waals surface area contributed by atoms with E-state index in [0.717, 1.165) is 32.1 Å². The summed E-state index contributed by atoms with van der Waals surface area (Å²) in [5.41, 5.74) is 0.912. The Morgan fingerprint density at radius 3 is 2.60 bits per heavy atom. The summed E-state index contributed by atoms with van der Waals surface area (Å²) in [6.45, 7) is 4.65. The predicted octanol–water partition coefficient (Wildman–Crippen LogP) is 1.12. The fraction of sp³-hybridized carbons (Fsp3) is 0.533. The van der Waals surface area contributed by atoms with Gasteiger partial charge in [0, 0.05) is 38.9 Å². The molecule has 104 valence electrons. The van der Waals surface area contributed by atoms with Crippen LogP contribution in [0, 0.1) is 17.2 Å². The summed E-state index contributed by atoms with van der Waals surface area (Å²) in [6, 6.07) is 5.29. The van der Waals surface area contributed by atoms with Crippen LogP contribution in [0.4, 0.5) is 0 Å². The van der Waals surface area contributed by atoms with Crippen LogP contribution < -0.4 is 0 Å². The fourth-order valence-electron chi connectivity index (χ4n) is 2.55. The smallest absolute Gasteiger partial charge is 0.272 e. The van der Waals surface area contributed by atoms with Crippen molar-refractivity contribution >= 4 is 5.91 Å². The number of nitrogens with zero attached hydrogens (tertiary/aromatic N) is 4. The maximum atomic E-state index is 12.3. The zero-order valence-corrected chi connectivity index (χ0v) is 11.5. The highest BCUT2D eigenvalue weighted by Gasteiger charge is 2.28. The Hall–Kier alpha value is -1.93. The van der Waals surface area contributed by atoms with Crippen molar-refractivity contribution in [2.24, 2.45) is 5.92 Å². The molecule has 0 radical (unpaired) electrons. The van der Waals surface area contributed by atoms with Gasteiger partial charge in [-0.25, -0.2) is 4.98 Å². The maximum Gasteiger partial charge on any atom is 0.272 e. The van der Waals surface area contributed by atoms with E-state index in [4.69, 9.17) is 5.26 Å². The summed E-state index contributed by atoms with van der Waals surface area (Å²) in [5, 5.41) is 8.73. The van der Waals surface area contributed by atoms with E-state index < -0.39 is 0 Å². The van der Waals surface area contributed by atoms with Gasteiger partial charge in [-0.05, 0) is 30.9 Å². The molecule has 1 saturated carbocycles. The second-order valence-corrected chi connectivity index (χ2v) is 5.58. The number of nitriles is 1. The molecule has 0 N–H and O–H groups in total. The van der Waals surface area contributed by atoms with Crippen LogP contribution in [-0.4, -0.2) is 53.4 Å². The molecule has 1 aromatic rings. The summed E-state index contributed by atoms with van der Waals surface area (Å²) in [6.07, 6.45) is 4.19. The van der Waals surface area contributed by atoms with Crippen LogP contribution >= 0.6 is 0 Å². The highest BCUT2D eigenvalue weighted by molar-refractivity contribution is 5.92. The minimum Gasteiger partial charge on any atom is -0.335 e. The highest BCUT2D eigenvalue weighted by Crippen LogP contribution is 2.29. The van der Waals surface area contributed by atoms with Gasteiger partial charge in [-0.3, -0.25) is 9.69 Å². The van der Waals surface area contributed by atoms with Crippen molar-refractivity contribution in [1.82, 2.24) is 14.8 Å². The molecule has 1 saturated heterocycles. The molecule has 1 aliphatic heterocycles. The molecule has 3 rings (SSSR count). The van der Waals surface area contributed by atoms with Gasteiger partial charge < -0.3 is 4.90 Å². The summed E-state index contributed by atoms with van der Waals surface area (Å²) < 4.78 is 0. The highest BCUT2D eigenvalue weighted by atomic mass is 16.2. The Balaban J connectivity index is 1.56. The van der Waals surface area contributed by atoms with Crippen molar-refractivity contribution in [1.29, 1.82) is 5.26 Å². The molecule has 0 bridgehead atoms. The summed E-state index contributed by atoms with van der Waals surface area (Å²) in [7, 11) is 0. The lowest BCUT2D eigenvalue weighted by Gasteiger charge is -2.34. The van der Waals surface area contributed by atoms with E-state index in [1.54, 1.807) is 12.1 Å². The van der Waals surface area contributed by atoms with Crippen LogP contribution in [0.1, 0.15) is 28.9 Å². The Morgan fingerprint density at radius 1 is 1.30 bits per heavy atom. The van der Waals surface area contributed by atoms with Crippen LogP contribution in [0.25, 0.3) is 0 Å². The zero-order valence-electron chi connectivity index (χ0n) is 11.5. The summed E-state index contributed by atoms with van der Waals surface area (Å²) in [4.78, 5) is 20.7. The average molecular weight is 270 g/mol. The van der Waals surface area contributed by atoms with Gasteiger partial charge in [0.2, 0.25) is 0 Å². The number of hydrogen-bond acceptors (Lipinski definition) is 4. The largest absolute Gasteiger partial charge is 0.335 e. The Bertz CT molecular complexity index is 522. The molecule has 0 atom stereocenters. The Kier molecular flexibility index (Phi) is 3.66. The lowest BCUT2D eigenvalue weighted by atomic mass is 10.2. The van der Waals surface area contributed by atoms with Gasteiger partial charge in [0.1, 0.15) is 11.8 Å². The van der Waals surface area contributed by atoms with Crippen molar-refractivity contribution in [2.45, 2.75) is 12.8 Å². The number of carbonyl (C=O) groups is 1. The molecule has 0 spiro atoms. The number of carbonyl (C=O) groups excluding carboxylic acids is 1. The van der Waals surface area contributed by atoms with E-state index in [1.165, 1.54) is 25.6 Å². The topological polar surface area (TPSA) is 60.2 Å². The molecule has 2 aliphatic rings. The first kappa shape index (κ1) is 13.1. The van der Waals surface area contributed by atoms with Gasteiger partial charge in [0.05, 0.1) is 5.56 Å². The number of amides is 1. The Morgan fingerprint density at radius 2 is 2.05 bits per heavy atom. The van der Waals surface area contributed by atoms with Gasteiger partial charge in [0.25, 0.3) is 5.91 Å². The van der Waals surface area contributed by atoms with Gasteiger partial charge in [-0.1, -0.05) is 0 Å². The molecule has 1 amide bonds. The Labute approximate surface area is 118 Å². The van der Waals surface area contributed by atoms with Crippen molar-refractivity contribution in [3.63, 3.8) is 0 Å². The van der Waals surface area contributed by atoms with Gasteiger partial charge in [-0.2, -0.15) is 5.26 Å². The summed E-state index contributed by atoms with van der Waals surface area (Å²) >= 11 is 0. The van der Waals surface area contributed by atoms with Crippen LogP contribution in [0.5, 0.6) is 0 Å². The maximum absolute atomic E-state index is 12.3. The first-order valence-electron chi connectivity index (χ1n) is 7.14. The monoisotopic (exact) mass is 270 g/mol. The third-order valence-corrected chi connectivity index (χ3v) is 3.98. The van der Waals surface area contributed by atoms with E-state index in [9.17, 15) is 4.79 Å². The van der Waals surface area contributed by atoms with Crippen molar-refractivity contribution in [3.8, 4) is 6.07 Å². The van der Waals surface area contributed by atoms with Crippen LogP contribution in [0.3, 0.4) is 0 Å². The molecule has 5 nitrogen and oxygen atoms in total. The van der Waals surface area contributed by atoms with Crippen molar-refractivity contribution in [2.75, 3.05) is 32.7 Å². The molecular formula is C15H18N4O. The number of aromatic nitrogens is 1. The first-order valence-corrected chi connectivity index (χ1v) is 7.14. The van der Waals surface area contributed by atoms with E-state index in [0.29, 0.717) is 11.3 Å². The van der Waals surface area contributed by atoms with Crippen molar-refractivity contribution in [3.05, 3.63) is 29.6 Å². The number of pyridine rings is 1. The van der Waals surface area contributed by atoms with Crippen LogP contribution in [0.2, 0.25) is 0 Å². The zero-order chi connectivity index (χ0) is 13.9. The normalized spacial score (nSPS) is 19.6. The van der Waals surface area contributed by atoms with E-state index in [-0.39, 0.29) is 5.91 Å². The van der Waals surface area contributed by atoms with Gasteiger partial charge in [-0.15, -0.1) is 0 Å². The second-order valence-electron chi connectivity index (χ2n) is 5.58. The molecule has 2 fully saturated rings. The van der Waals surface area contributed by atoms with E-state index in [1.807, 2.05) is 11.0 Å². The minimum atomic E-state index is -0.0273. The van der Waals surface area contributed by atoms with Crippen molar-refractivity contribution < 1.29 is 4.79 Å². The molecule has 0 aromatic carbocycles. The third-order valence-electron chi connectivity index (χ3n) is 3.98. The standard InChI is InChI=1S/C15H18N4O/c16-9-13-3-4-14(17-10-13)15(20)19-7-5-18(6-8-19)11-12-1-2-12/h3-4,10,12H,1-2,5-8,11H2. The predicted molar refractivity (Wildman–Crippen MR) is 74.0 cm³/mol. The van der Waals surface area contributed by atoms with E-state index in [2.05, 4.69) is 9.88 Å². The lowest BCUT2D eigenvalue weighted by molar-refractivity contribution is 0.0626. The fourth-order valence-corrected chi connectivity index (χ4v) is 2.55. The second kappa shape index (κ2) is 5.59. The van der Waals surface area contributed by atoms with E-state index >= 15 is 0 Å². The molecule has 1 aromatic heterocycles. The first-order chi connectivity index (χ1) is 9.76. The average Bonchev–Trinajstić information content (AvgIpc) is 3.31. The number of rotatable bonds is 3. The minimum absolute atomic E-state index is 0.0273. The molecule has 1 aliphatic carbocycles. The van der Waals surface area contributed by atoms with Gasteiger partial charge in [0.15, 0.2) is 0 Å². The molecular weight excluding hydrogens is 252 g/mol. The molecule has 5 heteroatoms. The van der Waals surface area contributed by atoms with Crippen LogP contribution in [0.15, 0.2) is 18.3 Å². The van der Waals surface area contributed by atoms with Crippen LogP contribution in [-0.2, 0) is 0 Å². The quantitative estimate of drug-likeness (QED) is 0.826. The SMILES string of the molecule is N#Cc1ccc(C(=O)N2CCN(CC3CC3)CC2)nc1. The molecule has 20 heavy (non-hydrogen) atoms. The summed E-state index contributed by atoms with van der Waals surface area (Å²) in [5.74, 6) is 0.873. The number of hydrogen-bond donors (Lipinski definition) is 0. The third kappa shape index (κ3) is 2.97. The van der Waals surface area contributed by atoms with Gasteiger partial charge >= 0.3 is 0 Å².